The fourth-order valence-electron chi connectivity index (χ4n) is 3.31. The van der Waals surface area contributed by atoms with E-state index < -0.39 is 29.1 Å². The Morgan fingerprint density at radius 2 is 2.24 bits per heavy atom. The Morgan fingerprint density at radius 1 is 1.45 bits per heavy atom. The maximum absolute atomic E-state index is 12.6. The van der Waals surface area contributed by atoms with Gasteiger partial charge >= 0.3 is 6.18 Å². The van der Waals surface area contributed by atoms with E-state index in [1.807, 2.05) is 6.92 Å². The Morgan fingerprint density at radius 3 is 2.97 bits per heavy atom. The Labute approximate surface area is 171 Å². The first-order valence-corrected chi connectivity index (χ1v) is 10.4. The summed E-state index contributed by atoms with van der Waals surface area (Å²) in [4.78, 5) is 21.3. The molecule has 3 atom stereocenters. The Bertz CT molecular complexity index is 960. The fraction of sp³-hybridized carbons (Fsp3) is 0.500. The highest BCUT2D eigenvalue weighted by Gasteiger charge is 2.49. The van der Waals surface area contributed by atoms with Crippen molar-refractivity contribution in [3.05, 3.63) is 27.9 Å². The molecular weight excluding hydrogens is 431 g/mol. The van der Waals surface area contributed by atoms with Crippen LogP contribution in [0.4, 0.5) is 19.0 Å². The van der Waals surface area contributed by atoms with Gasteiger partial charge in [0.15, 0.2) is 10.9 Å². The summed E-state index contributed by atoms with van der Waals surface area (Å²) < 4.78 is 47.8. The van der Waals surface area contributed by atoms with Crippen molar-refractivity contribution in [3.8, 4) is 0 Å². The van der Waals surface area contributed by atoms with E-state index >= 15 is 0 Å². The van der Waals surface area contributed by atoms with Gasteiger partial charge in [-0.3, -0.25) is 4.79 Å². The van der Waals surface area contributed by atoms with Crippen LogP contribution in [0.3, 0.4) is 0 Å². The zero-order valence-electron chi connectivity index (χ0n) is 15.0. The molecule has 1 unspecified atom stereocenters. The van der Waals surface area contributed by atoms with Crippen LogP contribution in [-0.2, 0) is 16.5 Å². The first kappa shape index (κ1) is 20.2. The minimum Gasteiger partial charge on any atom is -0.379 e. The van der Waals surface area contributed by atoms with Crippen molar-refractivity contribution < 1.29 is 27.2 Å². The molecule has 0 radical (unpaired) electrons. The molecule has 0 aromatic carbocycles. The quantitative estimate of drug-likeness (QED) is 0.743. The fourth-order valence-corrected chi connectivity index (χ4v) is 5.28. The highest BCUT2D eigenvalue weighted by molar-refractivity contribution is 8.13. The van der Waals surface area contributed by atoms with Crippen LogP contribution >= 0.6 is 23.1 Å². The maximum atomic E-state index is 12.6. The number of ether oxygens (including phenoxy) is 1. The lowest BCUT2D eigenvalue weighted by Gasteiger charge is -2.44. The van der Waals surface area contributed by atoms with Crippen molar-refractivity contribution in [2.75, 3.05) is 17.7 Å². The molecule has 0 bridgehead atoms. The van der Waals surface area contributed by atoms with Crippen molar-refractivity contribution in [1.82, 2.24) is 10.1 Å². The molecule has 156 valence electrons. The number of carbonyl (C=O) groups excluding carboxylic acids is 1. The standard InChI is InChI=1S/C16H16F3N5O3S2/c1-7-2-8-4-29-14(20)23-15(8,6-26-7)13-22-11(5-28-13)21-12(25)9-3-10(27-24-9)16(17,18)19/h3,5,7-8H,2,4,6H2,1H3,(H2,20,23)(H,21,25)/t7-,8-,15?/m0/s1. The molecule has 2 aromatic rings. The van der Waals surface area contributed by atoms with Crippen LogP contribution in [0.2, 0.25) is 0 Å². The van der Waals surface area contributed by atoms with Gasteiger partial charge in [0.2, 0.25) is 5.76 Å². The topological polar surface area (TPSA) is 116 Å². The molecule has 8 nitrogen and oxygen atoms in total. The number of anilines is 1. The number of amides is 1. The van der Waals surface area contributed by atoms with Crippen molar-refractivity contribution in [3.63, 3.8) is 0 Å². The number of carbonyl (C=O) groups is 1. The summed E-state index contributed by atoms with van der Waals surface area (Å²) in [6, 6.07) is 0.539. The molecule has 2 aliphatic heterocycles. The lowest BCUT2D eigenvalue weighted by molar-refractivity contribution is -0.155. The van der Waals surface area contributed by atoms with Gasteiger partial charge in [-0.25, -0.2) is 9.98 Å². The second-order valence-corrected chi connectivity index (χ2v) is 8.70. The van der Waals surface area contributed by atoms with Gasteiger partial charge in [-0.1, -0.05) is 16.9 Å². The molecule has 4 rings (SSSR count). The molecule has 0 spiro atoms. The molecule has 1 fully saturated rings. The summed E-state index contributed by atoms with van der Waals surface area (Å²) in [5.74, 6) is -1.07. The lowest BCUT2D eigenvalue weighted by Crippen LogP contribution is -2.49. The van der Waals surface area contributed by atoms with Gasteiger partial charge in [0, 0.05) is 23.1 Å². The van der Waals surface area contributed by atoms with E-state index in [0.717, 1.165) is 12.2 Å². The van der Waals surface area contributed by atoms with E-state index in [0.29, 0.717) is 22.8 Å². The molecule has 2 aliphatic rings. The molecule has 29 heavy (non-hydrogen) atoms. The predicted octanol–water partition coefficient (Wildman–Crippen LogP) is 3.08. The van der Waals surface area contributed by atoms with E-state index in [2.05, 4.69) is 25.0 Å². The number of hydrogen-bond donors (Lipinski definition) is 2. The highest BCUT2D eigenvalue weighted by atomic mass is 32.2. The summed E-state index contributed by atoms with van der Waals surface area (Å²) in [6.07, 6.45) is -3.83. The molecular formula is C16H16F3N5O3S2. The van der Waals surface area contributed by atoms with Crippen LogP contribution in [0.25, 0.3) is 0 Å². The van der Waals surface area contributed by atoms with E-state index in [1.54, 1.807) is 5.38 Å². The highest BCUT2D eigenvalue weighted by Crippen LogP contribution is 2.47. The largest absolute Gasteiger partial charge is 0.452 e. The number of thioether (sulfide) groups is 1. The zero-order chi connectivity index (χ0) is 20.8. The van der Waals surface area contributed by atoms with Gasteiger partial charge in [-0.15, -0.1) is 11.3 Å². The van der Waals surface area contributed by atoms with Crippen molar-refractivity contribution >= 4 is 40.0 Å². The number of nitrogens with two attached hydrogens (primary N) is 1. The molecule has 4 heterocycles. The summed E-state index contributed by atoms with van der Waals surface area (Å²) in [6.45, 7) is 2.32. The third-order valence-electron chi connectivity index (χ3n) is 4.76. The number of nitrogens with zero attached hydrogens (tertiary/aromatic N) is 3. The van der Waals surface area contributed by atoms with E-state index in [1.165, 1.54) is 23.1 Å². The van der Waals surface area contributed by atoms with Crippen LogP contribution in [0.1, 0.15) is 34.6 Å². The number of alkyl halides is 3. The van der Waals surface area contributed by atoms with Crippen LogP contribution in [0, 0.1) is 5.92 Å². The Balaban J connectivity index is 1.55. The smallest absolute Gasteiger partial charge is 0.379 e. The van der Waals surface area contributed by atoms with Crippen LogP contribution in [0.15, 0.2) is 21.0 Å². The predicted molar refractivity (Wildman–Crippen MR) is 101 cm³/mol. The first-order chi connectivity index (χ1) is 13.7. The van der Waals surface area contributed by atoms with Crippen LogP contribution < -0.4 is 11.1 Å². The number of aromatic nitrogens is 2. The summed E-state index contributed by atoms with van der Waals surface area (Å²) in [7, 11) is 0. The average Bonchev–Trinajstić information content (AvgIpc) is 3.31. The number of rotatable bonds is 3. The van der Waals surface area contributed by atoms with Gasteiger partial charge < -0.3 is 20.3 Å². The SMILES string of the molecule is C[C@H]1C[C@H]2CSC(N)=NC2(c2nc(NC(=O)c3cc(C(F)(F)F)on3)cs2)CO1. The van der Waals surface area contributed by atoms with Gasteiger partial charge in [0.25, 0.3) is 5.91 Å². The number of nitrogens with one attached hydrogen (secondary N) is 1. The monoisotopic (exact) mass is 447 g/mol. The zero-order valence-corrected chi connectivity index (χ0v) is 16.7. The van der Waals surface area contributed by atoms with Crippen molar-refractivity contribution in [2.45, 2.75) is 31.2 Å². The Kier molecular flexibility index (Phi) is 5.07. The number of aliphatic imine (C=N–C) groups is 1. The molecule has 13 heteroatoms. The summed E-state index contributed by atoms with van der Waals surface area (Å²) in [5, 5.41) is 8.27. The van der Waals surface area contributed by atoms with Gasteiger partial charge in [0.1, 0.15) is 16.4 Å². The van der Waals surface area contributed by atoms with Crippen molar-refractivity contribution in [2.24, 2.45) is 16.6 Å². The van der Waals surface area contributed by atoms with E-state index in [4.69, 9.17) is 10.5 Å². The third-order valence-corrected chi connectivity index (χ3v) is 6.73. The van der Waals surface area contributed by atoms with E-state index in [9.17, 15) is 18.0 Å². The summed E-state index contributed by atoms with van der Waals surface area (Å²) >= 11 is 2.77. The molecule has 0 aliphatic carbocycles. The normalized spacial score (nSPS) is 27.2. The van der Waals surface area contributed by atoms with Crippen LogP contribution in [0.5, 0.6) is 0 Å². The minimum atomic E-state index is -4.72. The van der Waals surface area contributed by atoms with E-state index in [-0.39, 0.29) is 17.8 Å². The third kappa shape index (κ3) is 3.85. The molecule has 1 amide bonds. The number of hydrogen-bond acceptors (Lipinski definition) is 9. The van der Waals surface area contributed by atoms with Crippen LogP contribution in [-0.4, -0.2) is 39.7 Å². The van der Waals surface area contributed by atoms with Gasteiger partial charge in [-0.05, 0) is 13.3 Å². The number of amidine groups is 1. The maximum Gasteiger partial charge on any atom is 0.452 e. The molecule has 0 saturated carbocycles. The Hall–Kier alpha value is -2.12. The van der Waals surface area contributed by atoms with Crippen molar-refractivity contribution in [1.29, 1.82) is 0 Å². The second-order valence-electron chi connectivity index (χ2n) is 6.81. The minimum absolute atomic E-state index is 0.0948. The molecule has 1 saturated heterocycles. The van der Waals surface area contributed by atoms with Gasteiger partial charge in [0.05, 0.1) is 12.7 Å². The lowest BCUT2D eigenvalue weighted by atomic mass is 9.80. The first-order valence-electron chi connectivity index (χ1n) is 8.58. The molecule has 3 N–H and O–H groups in total. The second kappa shape index (κ2) is 7.29. The number of halogens is 3. The molecule has 2 aromatic heterocycles. The number of thiazole rings is 1. The average molecular weight is 447 g/mol. The summed E-state index contributed by atoms with van der Waals surface area (Å²) in [5.41, 5.74) is 4.73. The number of fused-ring (bicyclic) bond motifs is 1. The van der Waals surface area contributed by atoms with Gasteiger partial charge in [-0.2, -0.15) is 13.2 Å².